The molecular formula is C37H40ClN5O4. The second-order valence-corrected chi connectivity index (χ2v) is 12.6. The number of benzene rings is 3. The average Bonchev–Trinajstić information content (AvgIpc) is 3.53. The van der Waals surface area contributed by atoms with Crippen LogP contribution < -0.4 is 10.1 Å². The maximum absolute atomic E-state index is 14.6. The molecule has 0 bridgehead atoms. The molecule has 2 aliphatic rings. The van der Waals surface area contributed by atoms with Crippen LogP contribution in [0.25, 0.3) is 16.8 Å². The van der Waals surface area contributed by atoms with Crippen molar-refractivity contribution >= 4 is 29.3 Å². The number of carbonyl (C=O) groups excluding carboxylic acids is 3. The smallest absolute Gasteiger partial charge is 0.274 e. The van der Waals surface area contributed by atoms with Crippen molar-refractivity contribution in [2.24, 2.45) is 0 Å². The number of ether oxygens (including phenoxy) is 1. The Morgan fingerprint density at radius 1 is 0.979 bits per heavy atom. The second-order valence-electron chi connectivity index (χ2n) is 12.2. The number of halogens is 1. The average molecular weight is 654 g/mol. The predicted molar refractivity (Wildman–Crippen MR) is 182 cm³/mol. The standard InChI is InChI=1S/C37H40ClN5O4/c1-4-6-16-41(17-7-5-2)37(46)32-21-34-43(40-32)33-15-13-25(26-12-14-29(31(38)20-26)35(44)39-3)19-30(33)36(45)42-22-27-11-9-8-10-24(27)18-28(42)23-47-34/h8-15,19-21,28H,4-7,16-18,22-23H2,1-3H3,(H,39,44)/t28-/m0/s1. The monoisotopic (exact) mass is 653 g/mol. The molecule has 0 aliphatic carbocycles. The van der Waals surface area contributed by atoms with Crippen LogP contribution in [-0.2, 0) is 13.0 Å². The van der Waals surface area contributed by atoms with Gasteiger partial charge in [-0.2, -0.15) is 9.78 Å². The highest BCUT2D eigenvalue weighted by atomic mass is 35.5. The molecule has 3 amide bonds. The Bertz CT molecular complexity index is 1810. The van der Waals surface area contributed by atoms with Gasteiger partial charge in [-0.1, -0.05) is 74.7 Å². The van der Waals surface area contributed by atoms with Gasteiger partial charge in [0.25, 0.3) is 17.7 Å². The SMILES string of the molecule is CCCCN(CCCC)C(=O)c1cc2n(n1)-c1ccc(-c3ccc(C(=O)NC)c(Cl)c3)cc1C(=O)N1Cc3ccccc3C[C@H]1CO2. The predicted octanol–water partition coefficient (Wildman–Crippen LogP) is 6.55. The molecule has 0 saturated heterocycles. The summed E-state index contributed by atoms with van der Waals surface area (Å²) in [6, 6.07) is 20.5. The maximum Gasteiger partial charge on any atom is 0.274 e. The van der Waals surface area contributed by atoms with Crippen LogP contribution in [0, 0.1) is 0 Å². The molecule has 3 heterocycles. The van der Waals surface area contributed by atoms with Crippen LogP contribution in [0.2, 0.25) is 5.02 Å². The fraction of sp³-hybridized carbons (Fsp3) is 0.351. The minimum absolute atomic E-state index is 0.142. The summed E-state index contributed by atoms with van der Waals surface area (Å²) < 4.78 is 8.02. The van der Waals surface area contributed by atoms with E-state index in [1.165, 1.54) is 5.56 Å². The fourth-order valence-corrected chi connectivity index (χ4v) is 6.58. The zero-order chi connectivity index (χ0) is 33.1. The minimum atomic E-state index is -0.276. The summed E-state index contributed by atoms with van der Waals surface area (Å²) in [5.74, 6) is -0.153. The number of amides is 3. The van der Waals surface area contributed by atoms with E-state index in [0.29, 0.717) is 53.8 Å². The van der Waals surface area contributed by atoms with Crippen molar-refractivity contribution in [3.8, 4) is 22.7 Å². The first-order chi connectivity index (χ1) is 22.8. The summed E-state index contributed by atoms with van der Waals surface area (Å²) in [5.41, 5.74) is 5.43. The Morgan fingerprint density at radius 2 is 1.68 bits per heavy atom. The lowest BCUT2D eigenvalue weighted by atomic mass is 9.93. The quantitative estimate of drug-likeness (QED) is 0.221. The van der Waals surface area contributed by atoms with Crippen molar-refractivity contribution in [3.05, 3.63) is 99.7 Å². The number of nitrogens with zero attached hydrogens (tertiary/aromatic N) is 4. The van der Waals surface area contributed by atoms with Crippen LogP contribution in [-0.4, -0.2) is 70.1 Å². The van der Waals surface area contributed by atoms with Crippen LogP contribution >= 0.6 is 11.6 Å². The Labute approximate surface area is 280 Å². The third-order valence-electron chi connectivity index (χ3n) is 9.02. The van der Waals surface area contributed by atoms with Gasteiger partial charge in [0.1, 0.15) is 6.61 Å². The highest BCUT2D eigenvalue weighted by molar-refractivity contribution is 6.34. The molecule has 6 rings (SSSR count). The maximum atomic E-state index is 14.6. The number of hydrogen-bond acceptors (Lipinski definition) is 5. The molecule has 3 aromatic carbocycles. The molecule has 1 atom stereocenters. The van der Waals surface area contributed by atoms with E-state index in [1.807, 2.05) is 46.2 Å². The molecule has 47 heavy (non-hydrogen) atoms. The first kappa shape index (κ1) is 32.3. The molecule has 0 unspecified atom stereocenters. The van der Waals surface area contributed by atoms with E-state index < -0.39 is 0 Å². The van der Waals surface area contributed by atoms with Gasteiger partial charge in [-0.15, -0.1) is 0 Å². The summed E-state index contributed by atoms with van der Waals surface area (Å²) in [5, 5.41) is 7.70. The molecule has 2 aliphatic heterocycles. The Kier molecular flexibility index (Phi) is 9.63. The van der Waals surface area contributed by atoms with Gasteiger partial charge >= 0.3 is 0 Å². The number of unbranched alkanes of at least 4 members (excludes halogenated alkanes) is 2. The van der Waals surface area contributed by atoms with E-state index in [-0.39, 0.29) is 36.1 Å². The molecule has 244 valence electrons. The van der Waals surface area contributed by atoms with Gasteiger partial charge < -0.3 is 19.9 Å². The number of carbonyl (C=O) groups is 3. The summed E-state index contributed by atoms with van der Waals surface area (Å²) in [4.78, 5) is 44.4. The normalized spacial score (nSPS) is 15.2. The lowest BCUT2D eigenvalue weighted by molar-refractivity contribution is 0.0569. The molecule has 0 fully saturated rings. The van der Waals surface area contributed by atoms with Crippen LogP contribution in [0.3, 0.4) is 0 Å². The van der Waals surface area contributed by atoms with E-state index in [9.17, 15) is 14.4 Å². The Morgan fingerprint density at radius 3 is 2.38 bits per heavy atom. The van der Waals surface area contributed by atoms with Crippen molar-refractivity contribution in [3.63, 3.8) is 0 Å². The van der Waals surface area contributed by atoms with Crippen LogP contribution in [0.4, 0.5) is 0 Å². The first-order valence-electron chi connectivity index (χ1n) is 16.4. The molecule has 1 aromatic heterocycles. The lowest BCUT2D eigenvalue weighted by Gasteiger charge is -2.36. The summed E-state index contributed by atoms with van der Waals surface area (Å²) in [7, 11) is 1.56. The third-order valence-corrected chi connectivity index (χ3v) is 9.33. The lowest BCUT2D eigenvalue weighted by Crippen LogP contribution is -2.47. The molecule has 0 radical (unpaired) electrons. The van der Waals surface area contributed by atoms with Crippen LogP contribution in [0.1, 0.15) is 81.9 Å². The number of hydrogen-bond donors (Lipinski definition) is 1. The second kappa shape index (κ2) is 14.0. The highest BCUT2D eigenvalue weighted by Crippen LogP contribution is 2.34. The summed E-state index contributed by atoms with van der Waals surface area (Å²) in [6.45, 7) is 6.26. The van der Waals surface area contributed by atoms with Crippen molar-refractivity contribution < 1.29 is 19.1 Å². The van der Waals surface area contributed by atoms with Crippen molar-refractivity contribution in [1.82, 2.24) is 24.9 Å². The van der Waals surface area contributed by atoms with E-state index in [2.05, 4.69) is 31.3 Å². The molecule has 4 aromatic rings. The first-order valence-corrected chi connectivity index (χ1v) is 16.8. The summed E-state index contributed by atoms with van der Waals surface area (Å²) in [6.07, 6.45) is 4.43. The van der Waals surface area contributed by atoms with E-state index in [4.69, 9.17) is 21.4 Å². The number of rotatable bonds is 9. The van der Waals surface area contributed by atoms with Gasteiger partial charge in [-0.05, 0) is 65.8 Å². The van der Waals surface area contributed by atoms with Crippen molar-refractivity contribution in [2.75, 3.05) is 26.7 Å². The molecule has 0 saturated carbocycles. The van der Waals surface area contributed by atoms with Crippen molar-refractivity contribution in [1.29, 1.82) is 0 Å². The highest BCUT2D eigenvalue weighted by Gasteiger charge is 2.35. The minimum Gasteiger partial charge on any atom is -0.475 e. The third kappa shape index (κ3) is 6.49. The topological polar surface area (TPSA) is 96.8 Å². The van der Waals surface area contributed by atoms with E-state index in [1.54, 1.807) is 29.9 Å². The molecular weight excluding hydrogens is 614 g/mol. The Hall–Kier alpha value is -4.63. The largest absolute Gasteiger partial charge is 0.475 e. The van der Waals surface area contributed by atoms with Gasteiger partial charge in [0, 0.05) is 32.7 Å². The molecule has 9 nitrogen and oxygen atoms in total. The van der Waals surface area contributed by atoms with Gasteiger partial charge in [0.2, 0.25) is 5.88 Å². The molecule has 0 spiro atoms. The molecule has 10 heteroatoms. The van der Waals surface area contributed by atoms with Gasteiger partial charge in [0.05, 0.1) is 27.9 Å². The number of aromatic nitrogens is 2. The fourth-order valence-electron chi connectivity index (χ4n) is 6.31. The van der Waals surface area contributed by atoms with E-state index >= 15 is 0 Å². The van der Waals surface area contributed by atoms with Crippen LogP contribution in [0.5, 0.6) is 5.88 Å². The summed E-state index contributed by atoms with van der Waals surface area (Å²) >= 11 is 6.52. The van der Waals surface area contributed by atoms with Gasteiger partial charge in [-0.3, -0.25) is 14.4 Å². The van der Waals surface area contributed by atoms with E-state index in [0.717, 1.165) is 42.4 Å². The number of fused-ring (bicyclic) bond motifs is 5. The Balaban J connectivity index is 1.45. The molecule has 1 N–H and O–H groups in total. The zero-order valence-corrected chi connectivity index (χ0v) is 27.8. The van der Waals surface area contributed by atoms with Crippen molar-refractivity contribution in [2.45, 2.75) is 58.5 Å². The zero-order valence-electron chi connectivity index (χ0n) is 27.1. The van der Waals surface area contributed by atoms with Gasteiger partial charge in [0.15, 0.2) is 5.69 Å². The van der Waals surface area contributed by atoms with Crippen LogP contribution in [0.15, 0.2) is 66.7 Å². The number of nitrogens with one attached hydrogen (secondary N) is 1. The van der Waals surface area contributed by atoms with Gasteiger partial charge in [-0.25, -0.2) is 0 Å².